The third-order valence-corrected chi connectivity index (χ3v) is 2.38. The van der Waals surface area contributed by atoms with E-state index in [1.807, 2.05) is 4.57 Å². The van der Waals surface area contributed by atoms with Gasteiger partial charge in [0.25, 0.3) is 0 Å². The van der Waals surface area contributed by atoms with Crippen LogP contribution >= 0.6 is 0 Å². The Morgan fingerprint density at radius 3 is 3.00 bits per heavy atom. The Bertz CT molecular complexity index is 291. The van der Waals surface area contributed by atoms with Crippen molar-refractivity contribution >= 4 is 0 Å². The number of hydrogen-bond acceptors (Lipinski definition) is 5. The molecule has 1 rings (SSSR count). The second kappa shape index (κ2) is 9.09. The molecule has 6 heteroatoms. The first kappa shape index (κ1) is 14.1. The van der Waals surface area contributed by atoms with E-state index in [1.165, 1.54) is 0 Å². The standard InChI is InChI=1S/C11H22N4O2/c1-3-15-10-13-14-11(15)9-12-5-8-17-7-4-6-16-2/h10,12H,3-9H2,1-2H3. The smallest absolute Gasteiger partial charge is 0.146 e. The molecule has 0 bridgehead atoms. The van der Waals surface area contributed by atoms with E-state index in [9.17, 15) is 0 Å². The number of ether oxygens (including phenoxy) is 2. The van der Waals surface area contributed by atoms with Gasteiger partial charge in [-0.15, -0.1) is 10.2 Å². The summed E-state index contributed by atoms with van der Waals surface area (Å²) >= 11 is 0. The second-order valence-corrected chi connectivity index (χ2v) is 3.67. The summed E-state index contributed by atoms with van der Waals surface area (Å²) in [4.78, 5) is 0. The van der Waals surface area contributed by atoms with E-state index < -0.39 is 0 Å². The van der Waals surface area contributed by atoms with E-state index >= 15 is 0 Å². The normalized spacial score (nSPS) is 10.9. The van der Waals surface area contributed by atoms with Crippen molar-refractivity contribution in [2.75, 3.05) is 33.5 Å². The largest absolute Gasteiger partial charge is 0.385 e. The summed E-state index contributed by atoms with van der Waals surface area (Å²) in [5, 5.41) is 11.2. The third-order valence-electron chi connectivity index (χ3n) is 2.38. The lowest BCUT2D eigenvalue weighted by molar-refractivity contribution is 0.104. The minimum Gasteiger partial charge on any atom is -0.385 e. The molecule has 1 N–H and O–H groups in total. The number of aryl methyl sites for hydroxylation is 1. The Morgan fingerprint density at radius 1 is 1.35 bits per heavy atom. The van der Waals surface area contributed by atoms with Crippen LogP contribution in [0.25, 0.3) is 0 Å². The van der Waals surface area contributed by atoms with E-state index in [2.05, 4.69) is 22.4 Å². The molecule has 0 radical (unpaired) electrons. The molecule has 6 nitrogen and oxygen atoms in total. The predicted molar refractivity (Wildman–Crippen MR) is 64.7 cm³/mol. The van der Waals surface area contributed by atoms with Gasteiger partial charge in [0.05, 0.1) is 13.2 Å². The molecule has 0 aliphatic rings. The van der Waals surface area contributed by atoms with Gasteiger partial charge < -0.3 is 19.4 Å². The molecule has 0 atom stereocenters. The first-order chi connectivity index (χ1) is 8.38. The summed E-state index contributed by atoms with van der Waals surface area (Å²) in [5.41, 5.74) is 0. The summed E-state index contributed by atoms with van der Waals surface area (Å²) in [6.07, 6.45) is 2.69. The van der Waals surface area contributed by atoms with Crippen LogP contribution < -0.4 is 5.32 Å². The maximum atomic E-state index is 5.43. The summed E-state index contributed by atoms with van der Waals surface area (Å²) in [7, 11) is 1.70. The van der Waals surface area contributed by atoms with Gasteiger partial charge in [0.15, 0.2) is 0 Å². The average molecular weight is 242 g/mol. The van der Waals surface area contributed by atoms with Crippen LogP contribution in [0.1, 0.15) is 19.2 Å². The lowest BCUT2D eigenvalue weighted by Gasteiger charge is -2.06. The molecule has 0 spiro atoms. The van der Waals surface area contributed by atoms with Crippen LogP contribution in [0.15, 0.2) is 6.33 Å². The maximum absolute atomic E-state index is 5.43. The van der Waals surface area contributed by atoms with Crippen molar-refractivity contribution in [1.29, 1.82) is 0 Å². The Hall–Kier alpha value is -0.980. The zero-order chi connectivity index (χ0) is 12.3. The van der Waals surface area contributed by atoms with Gasteiger partial charge in [-0.1, -0.05) is 0 Å². The average Bonchev–Trinajstić information content (AvgIpc) is 2.80. The van der Waals surface area contributed by atoms with Crippen LogP contribution in [-0.4, -0.2) is 48.2 Å². The summed E-state index contributed by atoms with van der Waals surface area (Å²) < 4.78 is 12.4. The van der Waals surface area contributed by atoms with Crippen molar-refractivity contribution in [3.05, 3.63) is 12.2 Å². The molecule has 0 unspecified atom stereocenters. The Morgan fingerprint density at radius 2 is 2.24 bits per heavy atom. The van der Waals surface area contributed by atoms with Crippen LogP contribution in [0.3, 0.4) is 0 Å². The highest BCUT2D eigenvalue weighted by Crippen LogP contribution is 1.93. The monoisotopic (exact) mass is 242 g/mol. The molecule has 0 aliphatic heterocycles. The number of aromatic nitrogens is 3. The van der Waals surface area contributed by atoms with Crippen molar-refractivity contribution in [2.24, 2.45) is 0 Å². The van der Waals surface area contributed by atoms with Crippen LogP contribution in [-0.2, 0) is 22.6 Å². The van der Waals surface area contributed by atoms with Crippen LogP contribution in [0.2, 0.25) is 0 Å². The molecule has 0 saturated heterocycles. The van der Waals surface area contributed by atoms with Crippen molar-refractivity contribution in [2.45, 2.75) is 26.4 Å². The molecule has 1 heterocycles. The van der Waals surface area contributed by atoms with Gasteiger partial charge in [0.2, 0.25) is 0 Å². The lowest BCUT2D eigenvalue weighted by atomic mass is 10.5. The molecule has 1 aromatic rings. The fourth-order valence-electron chi connectivity index (χ4n) is 1.43. The zero-order valence-corrected chi connectivity index (χ0v) is 10.7. The van der Waals surface area contributed by atoms with Gasteiger partial charge in [-0.25, -0.2) is 0 Å². The highest BCUT2D eigenvalue weighted by Gasteiger charge is 2.00. The van der Waals surface area contributed by atoms with Crippen LogP contribution in [0.5, 0.6) is 0 Å². The first-order valence-corrected chi connectivity index (χ1v) is 6.02. The van der Waals surface area contributed by atoms with Crippen molar-refractivity contribution in [3.8, 4) is 0 Å². The Labute approximate surface area is 102 Å². The molecule has 0 aliphatic carbocycles. The van der Waals surface area contributed by atoms with Gasteiger partial charge in [-0.2, -0.15) is 0 Å². The molecule has 17 heavy (non-hydrogen) atoms. The molecule has 0 amide bonds. The summed E-state index contributed by atoms with van der Waals surface area (Å²) in [6.45, 7) is 6.75. The zero-order valence-electron chi connectivity index (χ0n) is 10.7. The van der Waals surface area contributed by atoms with Gasteiger partial charge in [0.1, 0.15) is 12.2 Å². The molecule has 0 aromatic carbocycles. The predicted octanol–water partition coefficient (Wildman–Crippen LogP) is 0.441. The third kappa shape index (κ3) is 5.76. The number of rotatable bonds is 10. The number of nitrogens with zero attached hydrogens (tertiary/aromatic N) is 3. The quantitative estimate of drug-likeness (QED) is 0.603. The SMILES string of the molecule is CCn1cnnc1CNCCOCCCOC. The highest BCUT2D eigenvalue weighted by atomic mass is 16.5. The topological polar surface area (TPSA) is 61.2 Å². The number of hydrogen-bond donors (Lipinski definition) is 1. The van der Waals surface area contributed by atoms with E-state index in [0.717, 1.165) is 45.1 Å². The Kier molecular flexibility index (Phi) is 7.53. The van der Waals surface area contributed by atoms with Gasteiger partial charge in [-0.05, 0) is 13.3 Å². The lowest BCUT2D eigenvalue weighted by Crippen LogP contribution is -2.21. The molecular formula is C11H22N4O2. The minimum atomic E-state index is 0.712. The molecule has 1 aromatic heterocycles. The van der Waals surface area contributed by atoms with Crippen molar-refractivity contribution < 1.29 is 9.47 Å². The molecular weight excluding hydrogens is 220 g/mol. The van der Waals surface area contributed by atoms with Gasteiger partial charge in [-0.3, -0.25) is 0 Å². The van der Waals surface area contributed by atoms with Crippen molar-refractivity contribution in [3.63, 3.8) is 0 Å². The van der Waals surface area contributed by atoms with E-state index in [1.54, 1.807) is 13.4 Å². The first-order valence-electron chi connectivity index (χ1n) is 6.02. The number of nitrogens with one attached hydrogen (secondary N) is 1. The molecule has 0 fully saturated rings. The minimum absolute atomic E-state index is 0.712. The second-order valence-electron chi connectivity index (χ2n) is 3.67. The van der Waals surface area contributed by atoms with Gasteiger partial charge >= 0.3 is 0 Å². The highest BCUT2D eigenvalue weighted by molar-refractivity contribution is 4.84. The van der Waals surface area contributed by atoms with E-state index in [0.29, 0.717) is 6.61 Å². The Balaban J connectivity index is 1.97. The molecule has 98 valence electrons. The number of methoxy groups -OCH3 is 1. The molecule has 0 saturated carbocycles. The van der Waals surface area contributed by atoms with E-state index in [4.69, 9.17) is 9.47 Å². The van der Waals surface area contributed by atoms with Crippen LogP contribution in [0.4, 0.5) is 0 Å². The fraction of sp³-hybridized carbons (Fsp3) is 0.818. The van der Waals surface area contributed by atoms with Gasteiger partial charge in [0, 0.05) is 33.4 Å². The summed E-state index contributed by atoms with van der Waals surface area (Å²) in [6, 6.07) is 0. The van der Waals surface area contributed by atoms with Crippen molar-refractivity contribution in [1.82, 2.24) is 20.1 Å². The fourth-order valence-corrected chi connectivity index (χ4v) is 1.43. The van der Waals surface area contributed by atoms with Crippen LogP contribution in [0, 0.1) is 0 Å². The summed E-state index contributed by atoms with van der Waals surface area (Å²) in [5.74, 6) is 0.965. The van der Waals surface area contributed by atoms with E-state index in [-0.39, 0.29) is 0 Å². The maximum Gasteiger partial charge on any atom is 0.146 e.